The van der Waals surface area contributed by atoms with Gasteiger partial charge in [0, 0.05) is 29.5 Å². The minimum absolute atomic E-state index is 0.0565. The minimum Gasteiger partial charge on any atom is -0.324 e. The first-order valence-electron chi connectivity index (χ1n) is 8.57. The Bertz CT molecular complexity index is 795. The molecule has 4 nitrogen and oxygen atoms in total. The summed E-state index contributed by atoms with van der Waals surface area (Å²) in [4.78, 5) is 27.9. The summed E-state index contributed by atoms with van der Waals surface area (Å²) in [5.41, 5.74) is 0.822. The van der Waals surface area contributed by atoms with Crippen molar-refractivity contribution in [2.45, 2.75) is 17.7 Å². The van der Waals surface area contributed by atoms with Crippen molar-refractivity contribution in [3.8, 4) is 0 Å². The fourth-order valence-corrected chi connectivity index (χ4v) is 3.53. The molecule has 1 fully saturated rings. The first-order valence-corrected chi connectivity index (χ1v) is 9.79. The lowest BCUT2D eigenvalue weighted by atomic mass is 9.90. The van der Waals surface area contributed by atoms with Crippen molar-refractivity contribution in [1.82, 2.24) is 4.90 Å². The van der Waals surface area contributed by atoms with Crippen molar-refractivity contribution in [3.63, 3.8) is 0 Å². The number of likely N-dealkylation sites (tertiary alicyclic amines) is 1. The van der Waals surface area contributed by atoms with Gasteiger partial charge in [-0.25, -0.2) is 9.18 Å². The molecular formula is C20H21FN2O2S. The number of rotatable bonds is 4. The summed E-state index contributed by atoms with van der Waals surface area (Å²) in [5.74, 6) is -0.643. The zero-order valence-corrected chi connectivity index (χ0v) is 15.4. The van der Waals surface area contributed by atoms with Gasteiger partial charge in [-0.15, -0.1) is 11.8 Å². The van der Waals surface area contributed by atoms with E-state index in [4.69, 9.17) is 0 Å². The maximum absolute atomic E-state index is 13.7. The van der Waals surface area contributed by atoms with Gasteiger partial charge in [0.15, 0.2) is 5.78 Å². The molecule has 1 N–H and O–H groups in total. The second-order valence-corrected chi connectivity index (χ2v) is 7.17. The molecule has 0 saturated carbocycles. The molecule has 1 atom stereocenters. The Balaban J connectivity index is 1.65. The highest BCUT2D eigenvalue weighted by Crippen LogP contribution is 2.23. The molecular weight excluding hydrogens is 351 g/mol. The van der Waals surface area contributed by atoms with E-state index in [0.29, 0.717) is 18.7 Å². The summed E-state index contributed by atoms with van der Waals surface area (Å²) in [6.45, 7) is 0.916. The van der Waals surface area contributed by atoms with Crippen LogP contribution < -0.4 is 5.32 Å². The van der Waals surface area contributed by atoms with Crippen LogP contribution >= 0.6 is 11.8 Å². The van der Waals surface area contributed by atoms with Gasteiger partial charge in [0.05, 0.1) is 5.69 Å². The molecule has 6 heteroatoms. The van der Waals surface area contributed by atoms with Gasteiger partial charge >= 0.3 is 6.03 Å². The summed E-state index contributed by atoms with van der Waals surface area (Å²) < 4.78 is 13.7. The lowest BCUT2D eigenvalue weighted by molar-refractivity contribution is 0.0851. The number of halogens is 1. The maximum Gasteiger partial charge on any atom is 0.321 e. The van der Waals surface area contributed by atoms with E-state index in [1.807, 2.05) is 30.5 Å². The maximum atomic E-state index is 13.7. The van der Waals surface area contributed by atoms with Gasteiger partial charge in [0.2, 0.25) is 0 Å². The number of Topliss-reactive ketones (excluding diaryl/α,β-unsaturated/α-hetero) is 1. The SMILES string of the molecule is CSc1ccc(C(=O)[C@H]2CCCN(C(=O)Nc3ccccc3F)C2)cc1. The van der Waals surface area contributed by atoms with E-state index >= 15 is 0 Å². The first kappa shape index (κ1) is 18.5. The largest absolute Gasteiger partial charge is 0.324 e. The van der Waals surface area contributed by atoms with E-state index in [0.717, 1.165) is 17.7 Å². The van der Waals surface area contributed by atoms with Crippen LogP contribution in [0.4, 0.5) is 14.9 Å². The second-order valence-electron chi connectivity index (χ2n) is 6.29. The third-order valence-corrected chi connectivity index (χ3v) is 5.31. The van der Waals surface area contributed by atoms with Crippen molar-refractivity contribution in [3.05, 3.63) is 59.9 Å². The number of benzene rings is 2. The van der Waals surface area contributed by atoms with Crippen LogP contribution in [0.5, 0.6) is 0 Å². The van der Waals surface area contributed by atoms with Crippen LogP contribution in [0.25, 0.3) is 0 Å². The van der Waals surface area contributed by atoms with E-state index in [-0.39, 0.29) is 23.4 Å². The molecule has 1 aliphatic heterocycles. The Morgan fingerprint density at radius 2 is 1.88 bits per heavy atom. The number of ketones is 1. The first-order chi connectivity index (χ1) is 12.6. The van der Waals surface area contributed by atoms with E-state index in [1.165, 1.54) is 12.1 Å². The number of carbonyl (C=O) groups excluding carboxylic acids is 2. The Kier molecular flexibility index (Phi) is 5.93. The van der Waals surface area contributed by atoms with Crippen LogP contribution in [0.1, 0.15) is 23.2 Å². The molecule has 0 unspecified atom stereocenters. The molecule has 0 bridgehead atoms. The Morgan fingerprint density at radius 1 is 1.15 bits per heavy atom. The molecule has 1 aliphatic rings. The van der Waals surface area contributed by atoms with Crippen LogP contribution in [0.2, 0.25) is 0 Å². The van der Waals surface area contributed by atoms with Crippen LogP contribution in [-0.2, 0) is 0 Å². The fraction of sp³-hybridized carbons (Fsp3) is 0.300. The average Bonchev–Trinajstić information content (AvgIpc) is 2.69. The van der Waals surface area contributed by atoms with Gasteiger partial charge in [-0.2, -0.15) is 0 Å². The Morgan fingerprint density at radius 3 is 2.58 bits per heavy atom. The highest BCUT2D eigenvalue weighted by molar-refractivity contribution is 7.98. The molecule has 2 aromatic rings. The zero-order valence-electron chi connectivity index (χ0n) is 14.6. The molecule has 0 radical (unpaired) electrons. The number of anilines is 1. The van der Waals surface area contributed by atoms with Gasteiger partial charge < -0.3 is 10.2 Å². The molecule has 2 amide bonds. The number of piperidine rings is 1. The van der Waals surface area contributed by atoms with Crippen LogP contribution in [0.3, 0.4) is 0 Å². The lowest BCUT2D eigenvalue weighted by Gasteiger charge is -2.32. The van der Waals surface area contributed by atoms with Crippen molar-refractivity contribution in [2.75, 3.05) is 24.7 Å². The number of nitrogens with one attached hydrogen (secondary N) is 1. The van der Waals surface area contributed by atoms with Crippen LogP contribution in [0, 0.1) is 11.7 Å². The number of thioether (sulfide) groups is 1. The molecule has 136 valence electrons. The highest BCUT2D eigenvalue weighted by atomic mass is 32.2. The molecule has 0 spiro atoms. The molecule has 3 rings (SSSR count). The Hall–Kier alpha value is -2.34. The van der Waals surface area contributed by atoms with E-state index in [1.54, 1.807) is 28.8 Å². The summed E-state index contributed by atoms with van der Waals surface area (Å²) in [6, 6.07) is 13.2. The number of nitrogens with zero attached hydrogens (tertiary/aromatic N) is 1. The van der Waals surface area contributed by atoms with Gasteiger partial charge in [0.1, 0.15) is 5.82 Å². The zero-order chi connectivity index (χ0) is 18.5. The van der Waals surface area contributed by atoms with Crippen LogP contribution in [-0.4, -0.2) is 36.1 Å². The third kappa shape index (κ3) is 4.25. The molecule has 0 aromatic heterocycles. The molecule has 1 saturated heterocycles. The number of para-hydroxylation sites is 1. The molecule has 1 heterocycles. The number of carbonyl (C=O) groups is 2. The number of urea groups is 1. The standard InChI is InChI=1S/C20H21FN2O2S/c1-26-16-10-8-14(9-11-16)19(24)15-5-4-12-23(13-15)20(25)22-18-7-3-2-6-17(18)21/h2-3,6-11,15H,4-5,12-13H2,1H3,(H,22,25)/t15-/m0/s1. The molecule has 0 aliphatic carbocycles. The average molecular weight is 372 g/mol. The van der Waals surface area contributed by atoms with Gasteiger partial charge in [0.25, 0.3) is 0 Å². The van der Waals surface area contributed by atoms with Crippen LogP contribution in [0.15, 0.2) is 53.4 Å². The summed E-state index contributed by atoms with van der Waals surface area (Å²) in [5, 5.41) is 2.59. The highest BCUT2D eigenvalue weighted by Gasteiger charge is 2.29. The number of hydrogen-bond donors (Lipinski definition) is 1. The normalized spacial score (nSPS) is 17.0. The van der Waals surface area contributed by atoms with Gasteiger partial charge in [-0.3, -0.25) is 4.79 Å². The number of amides is 2. The monoisotopic (exact) mass is 372 g/mol. The second kappa shape index (κ2) is 8.36. The Labute approximate surface area is 156 Å². The summed E-state index contributed by atoms with van der Waals surface area (Å²) >= 11 is 1.63. The fourth-order valence-electron chi connectivity index (χ4n) is 3.12. The van der Waals surface area contributed by atoms with Crippen molar-refractivity contribution < 1.29 is 14.0 Å². The van der Waals surface area contributed by atoms with Crippen molar-refractivity contribution in [1.29, 1.82) is 0 Å². The predicted octanol–water partition coefficient (Wildman–Crippen LogP) is 4.67. The van der Waals surface area contributed by atoms with E-state index in [9.17, 15) is 14.0 Å². The topological polar surface area (TPSA) is 49.4 Å². The summed E-state index contributed by atoms with van der Waals surface area (Å²) in [6.07, 6.45) is 3.50. The number of hydrogen-bond acceptors (Lipinski definition) is 3. The van der Waals surface area contributed by atoms with Crippen molar-refractivity contribution >= 4 is 29.3 Å². The minimum atomic E-state index is -0.473. The van der Waals surface area contributed by atoms with E-state index in [2.05, 4.69) is 5.32 Å². The molecule has 2 aromatic carbocycles. The predicted molar refractivity (Wildman–Crippen MR) is 102 cm³/mol. The third-order valence-electron chi connectivity index (χ3n) is 4.57. The smallest absolute Gasteiger partial charge is 0.321 e. The lowest BCUT2D eigenvalue weighted by Crippen LogP contribution is -2.44. The van der Waals surface area contributed by atoms with Gasteiger partial charge in [-0.05, 0) is 43.4 Å². The molecule has 26 heavy (non-hydrogen) atoms. The van der Waals surface area contributed by atoms with E-state index < -0.39 is 5.82 Å². The van der Waals surface area contributed by atoms with Gasteiger partial charge in [-0.1, -0.05) is 24.3 Å². The van der Waals surface area contributed by atoms with Crippen molar-refractivity contribution in [2.24, 2.45) is 5.92 Å². The summed E-state index contributed by atoms with van der Waals surface area (Å²) in [7, 11) is 0. The quantitative estimate of drug-likeness (QED) is 0.626.